The molecule has 0 atom stereocenters. The van der Waals surface area contributed by atoms with Gasteiger partial charge < -0.3 is 14.4 Å². The zero-order valence-corrected chi connectivity index (χ0v) is 21.3. The highest BCUT2D eigenvalue weighted by molar-refractivity contribution is 7.92. The molecule has 0 saturated carbocycles. The third kappa shape index (κ3) is 4.59. The van der Waals surface area contributed by atoms with Crippen LogP contribution in [0, 0.1) is 20.8 Å². The lowest BCUT2D eigenvalue weighted by atomic mass is 10.1. The van der Waals surface area contributed by atoms with Crippen LogP contribution in [0.1, 0.15) is 29.5 Å². The summed E-state index contributed by atoms with van der Waals surface area (Å²) in [5.74, 6) is 1.34. The number of hydrogen-bond acceptors (Lipinski definition) is 7. The van der Waals surface area contributed by atoms with Gasteiger partial charge in [-0.1, -0.05) is 17.7 Å². The first kappa shape index (κ1) is 23.6. The maximum absolute atomic E-state index is 13.4. The van der Waals surface area contributed by atoms with E-state index >= 15 is 0 Å². The topological polar surface area (TPSA) is 68.7 Å². The average molecular weight is 487 g/mol. The van der Waals surface area contributed by atoms with Crippen LogP contribution in [0.2, 0.25) is 0 Å². The molecule has 2 aromatic carbocycles. The largest absolute Gasteiger partial charge is 0.493 e. The second kappa shape index (κ2) is 9.35. The van der Waals surface area contributed by atoms with Crippen molar-refractivity contribution in [3.63, 3.8) is 0 Å². The first-order valence-electron chi connectivity index (χ1n) is 11.0. The maximum atomic E-state index is 13.4. The fraction of sp³-hybridized carbons (Fsp3) is 0.400. The summed E-state index contributed by atoms with van der Waals surface area (Å²) in [6.07, 6.45) is 1.20. The molecule has 3 aromatic rings. The highest BCUT2D eigenvalue weighted by atomic mass is 32.2. The monoisotopic (exact) mass is 486 g/mol. The third-order valence-electron chi connectivity index (χ3n) is 6.21. The average Bonchev–Trinajstić information content (AvgIpc) is 3.28. The lowest BCUT2D eigenvalue weighted by Crippen LogP contribution is -2.39. The molecular weight excluding hydrogens is 456 g/mol. The van der Waals surface area contributed by atoms with Crippen LogP contribution in [0.15, 0.2) is 40.6 Å². The van der Waals surface area contributed by atoms with E-state index < -0.39 is 9.84 Å². The van der Waals surface area contributed by atoms with Gasteiger partial charge >= 0.3 is 0 Å². The molecule has 2 heterocycles. The molecule has 6 nitrogen and oxygen atoms in total. The van der Waals surface area contributed by atoms with Crippen molar-refractivity contribution in [1.29, 1.82) is 0 Å². The van der Waals surface area contributed by atoms with Crippen molar-refractivity contribution in [2.75, 3.05) is 32.2 Å². The van der Waals surface area contributed by atoms with Gasteiger partial charge in [0.25, 0.3) is 0 Å². The molecule has 0 amide bonds. The minimum atomic E-state index is -3.37. The van der Waals surface area contributed by atoms with Crippen molar-refractivity contribution in [1.82, 2.24) is 4.98 Å². The van der Waals surface area contributed by atoms with Crippen LogP contribution in [0.25, 0.3) is 11.3 Å². The van der Waals surface area contributed by atoms with Crippen molar-refractivity contribution in [2.45, 2.75) is 43.8 Å². The first-order chi connectivity index (χ1) is 15.7. The number of rotatable bonds is 6. The van der Waals surface area contributed by atoms with Gasteiger partial charge in [0.1, 0.15) is 0 Å². The van der Waals surface area contributed by atoms with Crippen molar-refractivity contribution in [3.05, 3.63) is 52.4 Å². The lowest BCUT2D eigenvalue weighted by molar-refractivity contribution is 0.355. The summed E-state index contributed by atoms with van der Waals surface area (Å²) in [4.78, 5) is 7.52. The molecule has 0 bridgehead atoms. The van der Waals surface area contributed by atoms with E-state index in [0.717, 1.165) is 33.1 Å². The molecule has 33 heavy (non-hydrogen) atoms. The molecule has 1 fully saturated rings. The number of anilines is 1. The number of thiazole rings is 1. The van der Waals surface area contributed by atoms with E-state index in [1.54, 1.807) is 25.6 Å². The van der Waals surface area contributed by atoms with Gasteiger partial charge in [-0.25, -0.2) is 13.4 Å². The number of aryl methyl sites for hydroxylation is 3. The van der Waals surface area contributed by atoms with Crippen LogP contribution in [0.5, 0.6) is 11.5 Å². The molecule has 0 spiro atoms. The highest BCUT2D eigenvalue weighted by Crippen LogP contribution is 2.36. The maximum Gasteiger partial charge on any atom is 0.185 e. The molecule has 0 aliphatic carbocycles. The second-order valence-corrected chi connectivity index (χ2v) is 11.5. The van der Waals surface area contributed by atoms with Gasteiger partial charge in [-0.15, -0.1) is 11.3 Å². The molecule has 0 radical (unpaired) electrons. The van der Waals surface area contributed by atoms with E-state index in [9.17, 15) is 8.42 Å². The quantitative estimate of drug-likeness (QED) is 0.477. The van der Waals surface area contributed by atoms with Crippen LogP contribution in [-0.4, -0.2) is 46.0 Å². The fourth-order valence-electron chi connectivity index (χ4n) is 4.68. The Balaban J connectivity index is 1.49. The smallest absolute Gasteiger partial charge is 0.185 e. The summed E-state index contributed by atoms with van der Waals surface area (Å²) < 4.78 is 37.6. The van der Waals surface area contributed by atoms with Crippen molar-refractivity contribution in [2.24, 2.45) is 0 Å². The van der Waals surface area contributed by atoms with E-state index in [0.29, 0.717) is 42.3 Å². The number of methoxy groups -OCH3 is 2. The van der Waals surface area contributed by atoms with Gasteiger partial charge in [-0.3, -0.25) is 0 Å². The predicted octanol–water partition coefficient (Wildman–Crippen LogP) is 5.20. The van der Waals surface area contributed by atoms with Crippen molar-refractivity contribution in [3.8, 4) is 22.8 Å². The number of aromatic nitrogens is 1. The molecule has 8 heteroatoms. The van der Waals surface area contributed by atoms with Gasteiger partial charge in [-0.05, 0) is 62.9 Å². The zero-order chi connectivity index (χ0) is 23.8. The summed E-state index contributed by atoms with van der Waals surface area (Å²) in [5, 5.41) is 2.58. The number of sulfone groups is 1. The van der Waals surface area contributed by atoms with Crippen LogP contribution < -0.4 is 14.4 Å². The first-order valence-corrected chi connectivity index (χ1v) is 13.4. The lowest BCUT2D eigenvalue weighted by Gasteiger charge is -2.32. The Morgan fingerprint density at radius 3 is 2.21 bits per heavy atom. The molecule has 1 aliphatic rings. The minimum Gasteiger partial charge on any atom is -0.493 e. The number of nitrogens with zero attached hydrogens (tertiary/aromatic N) is 2. The summed E-state index contributed by atoms with van der Waals surface area (Å²) in [6.45, 7) is 7.14. The normalized spacial score (nSPS) is 15.0. The second-order valence-electron chi connectivity index (χ2n) is 8.54. The fourth-order valence-corrected chi connectivity index (χ4v) is 7.75. The number of piperidine rings is 1. The van der Waals surface area contributed by atoms with E-state index in [1.165, 1.54) is 0 Å². The van der Waals surface area contributed by atoms with Crippen LogP contribution in [0.4, 0.5) is 5.13 Å². The molecule has 1 saturated heterocycles. The SMILES string of the molecule is COc1ccc(-c2csc(N3CCC(S(=O)(=O)c4c(C)cc(C)cc4C)CC3)n2)cc1OC. The van der Waals surface area contributed by atoms with Crippen LogP contribution in [0.3, 0.4) is 0 Å². The summed E-state index contributed by atoms with van der Waals surface area (Å²) in [7, 11) is -0.135. The molecule has 1 aromatic heterocycles. The van der Waals surface area contributed by atoms with Crippen LogP contribution in [-0.2, 0) is 9.84 Å². The Morgan fingerprint density at radius 2 is 1.61 bits per heavy atom. The predicted molar refractivity (Wildman–Crippen MR) is 134 cm³/mol. The summed E-state index contributed by atoms with van der Waals surface area (Å²) in [6, 6.07) is 9.67. The molecule has 176 valence electrons. The number of ether oxygens (including phenoxy) is 2. The van der Waals surface area contributed by atoms with Gasteiger partial charge in [0.2, 0.25) is 0 Å². The minimum absolute atomic E-state index is 0.362. The van der Waals surface area contributed by atoms with Gasteiger partial charge in [-0.2, -0.15) is 0 Å². The van der Waals surface area contributed by atoms with Crippen LogP contribution >= 0.6 is 11.3 Å². The summed E-state index contributed by atoms with van der Waals surface area (Å²) in [5.41, 5.74) is 4.60. The Hall–Kier alpha value is -2.58. The molecule has 1 aliphatic heterocycles. The molecular formula is C25H30N2O4S2. The molecule has 0 N–H and O–H groups in total. The standard InChI is InChI=1S/C25H30N2O4S2/c1-16-12-17(2)24(18(3)13-16)33(28,29)20-8-10-27(11-9-20)25-26-21(15-32-25)19-6-7-22(30-4)23(14-19)31-5/h6-7,12-15,20H,8-11H2,1-5H3. The Labute approximate surface area is 200 Å². The van der Waals surface area contributed by atoms with Crippen molar-refractivity contribution < 1.29 is 17.9 Å². The summed E-state index contributed by atoms with van der Waals surface area (Å²) >= 11 is 1.58. The Bertz CT molecular complexity index is 1240. The van der Waals surface area contributed by atoms with E-state index in [4.69, 9.17) is 14.5 Å². The van der Waals surface area contributed by atoms with Gasteiger partial charge in [0, 0.05) is 24.0 Å². The Morgan fingerprint density at radius 1 is 0.970 bits per heavy atom. The van der Waals surface area contributed by atoms with Crippen molar-refractivity contribution >= 4 is 26.3 Å². The zero-order valence-electron chi connectivity index (χ0n) is 19.7. The van der Waals surface area contributed by atoms with E-state index in [1.807, 2.05) is 56.5 Å². The highest BCUT2D eigenvalue weighted by Gasteiger charge is 2.34. The molecule has 4 rings (SSSR count). The van der Waals surface area contributed by atoms with E-state index in [2.05, 4.69) is 4.90 Å². The van der Waals surface area contributed by atoms with Gasteiger partial charge in [0.15, 0.2) is 26.5 Å². The Kier molecular flexibility index (Phi) is 6.68. The number of benzene rings is 2. The third-order valence-corrected chi connectivity index (χ3v) is 9.68. The van der Waals surface area contributed by atoms with Gasteiger partial charge in [0.05, 0.1) is 30.1 Å². The van der Waals surface area contributed by atoms with E-state index in [-0.39, 0.29) is 5.25 Å². The number of hydrogen-bond donors (Lipinski definition) is 0. The molecule has 0 unspecified atom stereocenters.